The van der Waals surface area contributed by atoms with Crippen molar-refractivity contribution in [1.29, 1.82) is 0 Å². The lowest BCUT2D eigenvalue weighted by atomic mass is 10.3. The predicted octanol–water partition coefficient (Wildman–Crippen LogP) is 2.08. The second kappa shape index (κ2) is 6.10. The third-order valence-electron chi connectivity index (χ3n) is 2.49. The Morgan fingerprint density at radius 2 is 2.00 bits per heavy atom. The third-order valence-corrected chi connectivity index (χ3v) is 4.66. The van der Waals surface area contributed by atoms with Crippen LogP contribution in [-0.2, 0) is 19.4 Å². The average molecular weight is 292 g/mol. The molecule has 0 saturated heterocycles. The summed E-state index contributed by atoms with van der Waals surface area (Å²) in [4.78, 5) is 10.6. The molecule has 0 radical (unpaired) electrons. The molecule has 0 N–H and O–H groups in total. The van der Waals surface area contributed by atoms with Crippen LogP contribution in [0.15, 0.2) is 23.1 Å². The molecule has 1 aromatic carbocycles. The minimum atomic E-state index is -4.04. The molecule has 0 saturated carbocycles. The SMILES string of the molecule is CCOC(=O)CC(C)S(=O)(=O)c1ccc(F)cc1F. The second-order valence-electron chi connectivity index (χ2n) is 3.94. The molecule has 0 aliphatic carbocycles. The average Bonchev–Trinajstić information content (AvgIpc) is 2.28. The van der Waals surface area contributed by atoms with Crippen LogP contribution in [-0.4, -0.2) is 26.2 Å². The number of ether oxygens (including phenoxy) is 1. The highest BCUT2D eigenvalue weighted by Crippen LogP contribution is 2.22. The van der Waals surface area contributed by atoms with Gasteiger partial charge >= 0.3 is 5.97 Å². The Bertz CT molecular complexity index is 569. The number of benzene rings is 1. The van der Waals surface area contributed by atoms with Crippen LogP contribution in [0, 0.1) is 11.6 Å². The molecular formula is C12H14F2O4S. The smallest absolute Gasteiger partial charge is 0.307 e. The van der Waals surface area contributed by atoms with Gasteiger partial charge in [0, 0.05) is 6.07 Å². The number of sulfone groups is 1. The Kier molecular flexibility index (Phi) is 4.99. The molecule has 19 heavy (non-hydrogen) atoms. The summed E-state index contributed by atoms with van der Waals surface area (Å²) >= 11 is 0. The summed E-state index contributed by atoms with van der Waals surface area (Å²) in [6.07, 6.45) is -0.382. The molecule has 1 aromatic rings. The van der Waals surface area contributed by atoms with E-state index in [9.17, 15) is 22.0 Å². The predicted molar refractivity (Wildman–Crippen MR) is 64.3 cm³/mol. The zero-order valence-electron chi connectivity index (χ0n) is 10.5. The van der Waals surface area contributed by atoms with E-state index in [0.29, 0.717) is 6.07 Å². The molecule has 0 amide bonds. The molecule has 0 heterocycles. The normalized spacial score (nSPS) is 13.1. The van der Waals surface area contributed by atoms with Gasteiger partial charge in [-0.05, 0) is 26.0 Å². The van der Waals surface area contributed by atoms with Gasteiger partial charge in [0.15, 0.2) is 9.84 Å². The van der Waals surface area contributed by atoms with Gasteiger partial charge in [-0.2, -0.15) is 0 Å². The lowest BCUT2D eigenvalue weighted by Gasteiger charge is -2.12. The molecule has 0 fully saturated rings. The molecule has 0 aliphatic heterocycles. The lowest BCUT2D eigenvalue weighted by Crippen LogP contribution is -2.23. The fourth-order valence-corrected chi connectivity index (χ4v) is 2.86. The van der Waals surface area contributed by atoms with Crippen molar-refractivity contribution in [3.05, 3.63) is 29.8 Å². The van der Waals surface area contributed by atoms with Crippen molar-refractivity contribution in [3.8, 4) is 0 Å². The zero-order valence-corrected chi connectivity index (χ0v) is 11.3. The molecule has 0 bridgehead atoms. The molecule has 4 nitrogen and oxygen atoms in total. The third kappa shape index (κ3) is 3.73. The van der Waals surface area contributed by atoms with E-state index >= 15 is 0 Å². The highest BCUT2D eigenvalue weighted by atomic mass is 32.2. The van der Waals surface area contributed by atoms with Crippen molar-refractivity contribution in [2.45, 2.75) is 30.4 Å². The van der Waals surface area contributed by atoms with E-state index in [1.807, 2.05) is 0 Å². The molecule has 1 unspecified atom stereocenters. The van der Waals surface area contributed by atoms with Crippen LogP contribution in [0.25, 0.3) is 0 Å². The number of rotatable bonds is 5. The van der Waals surface area contributed by atoms with Crippen LogP contribution in [0.3, 0.4) is 0 Å². The summed E-state index contributed by atoms with van der Waals surface area (Å²) in [7, 11) is -4.04. The van der Waals surface area contributed by atoms with Crippen molar-refractivity contribution in [1.82, 2.24) is 0 Å². The maximum atomic E-state index is 13.5. The van der Waals surface area contributed by atoms with Crippen LogP contribution in [0.1, 0.15) is 20.3 Å². The number of hydrogen-bond donors (Lipinski definition) is 0. The number of halogens is 2. The first kappa shape index (κ1) is 15.6. The van der Waals surface area contributed by atoms with E-state index in [2.05, 4.69) is 4.74 Å². The van der Waals surface area contributed by atoms with Crippen LogP contribution < -0.4 is 0 Å². The molecule has 1 atom stereocenters. The summed E-state index contributed by atoms with van der Waals surface area (Å²) in [6, 6.07) is 2.19. The van der Waals surface area contributed by atoms with Crippen LogP contribution in [0.2, 0.25) is 0 Å². The van der Waals surface area contributed by atoms with E-state index in [1.165, 1.54) is 6.92 Å². The number of carbonyl (C=O) groups is 1. The molecule has 0 aliphatic rings. The highest BCUT2D eigenvalue weighted by Gasteiger charge is 2.28. The van der Waals surface area contributed by atoms with E-state index in [4.69, 9.17) is 0 Å². The summed E-state index contributed by atoms with van der Waals surface area (Å²) in [5, 5.41) is -1.15. The molecular weight excluding hydrogens is 278 g/mol. The van der Waals surface area contributed by atoms with Crippen molar-refractivity contribution in [2.24, 2.45) is 0 Å². The van der Waals surface area contributed by atoms with E-state index in [0.717, 1.165) is 12.1 Å². The highest BCUT2D eigenvalue weighted by molar-refractivity contribution is 7.92. The van der Waals surface area contributed by atoms with Gasteiger partial charge in [0.2, 0.25) is 0 Å². The lowest BCUT2D eigenvalue weighted by molar-refractivity contribution is -0.143. The van der Waals surface area contributed by atoms with Gasteiger partial charge in [-0.15, -0.1) is 0 Å². The standard InChI is InChI=1S/C12H14F2O4S/c1-3-18-12(15)6-8(2)19(16,17)11-5-4-9(13)7-10(11)14/h4-5,7-8H,3,6H2,1-2H3. The first-order chi connectivity index (χ1) is 8.78. The second-order valence-corrected chi connectivity index (χ2v) is 6.27. The number of carbonyl (C=O) groups excluding carboxylic acids is 1. The Hall–Kier alpha value is -1.50. The molecule has 0 spiro atoms. The summed E-state index contributed by atoms with van der Waals surface area (Å²) in [5.41, 5.74) is 0. The topological polar surface area (TPSA) is 60.4 Å². The fourth-order valence-electron chi connectivity index (χ4n) is 1.49. The maximum absolute atomic E-state index is 13.5. The first-order valence-electron chi connectivity index (χ1n) is 5.63. The van der Waals surface area contributed by atoms with Gasteiger partial charge < -0.3 is 4.74 Å². The van der Waals surface area contributed by atoms with Crippen molar-refractivity contribution in [2.75, 3.05) is 6.61 Å². The van der Waals surface area contributed by atoms with Crippen molar-refractivity contribution < 1.29 is 26.7 Å². The van der Waals surface area contributed by atoms with E-state index in [1.54, 1.807) is 6.92 Å². The van der Waals surface area contributed by atoms with Gasteiger partial charge in [0.25, 0.3) is 0 Å². The minimum Gasteiger partial charge on any atom is -0.466 e. The summed E-state index contributed by atoms with van der Waals surface area (Å²) < 4.78 is 54.9. The summed E-state index contributed by atoms with van der Waals surface area (Å²) in [6.45, 7) is 3.00. The first-order valence-corrected chi connectivity index (χ1v) is 7.18. The van der Waals surface area contributed by atoms with Crippen LogP contribution in [0.4, 0.5) is 8.78 Å². The van der Waals surface area contributed by atoms with Crippen LogP contribution >= 0.6 is 0 Å². The molecule has 0 aromatic heterocycles. The molecule has 7 heteroatoms. The van der Waals surface area contributed by atoms with Gasteiger partial charge in [0.1, 0.15) is 16.5 Å². The Morgan fingerprint density at radius 3 is 2.53 bits per heavy atom. The van der Waals surface area contributed by atoms with Gasteiger partial charge in [0.05, 0.1) is 18.3 Å². The Balaban J connectivity index is 3.00. The zero-order chi connectivity index (χ0) is 14.6. The van der Waals surface area contributed by atoms with Crippen molar-refractivity contribution >= 4 is 15.8 Å². The largest absolute Gasteiger partial charge is 0.466 e. The number of hydrogen-bond acceptors (Lipinski definition) is 4. The fraction of sp³-hybridized carbons (Fsp3) is 0.417. The van der Waals surface area contributed by atoms with E-state index < -0.39 is 37.6 Å². The quantitative estimate of drug-likeness (QED) is 0.616. The molecule has 1 rings (SSSR count). The maximum Gasteiger partial charge on any atom is 0.307 e. The monoisotopic (exact) mass is 292 g/mol. The van der Waals surface area contributed by atoms with E-state index in [-0.39, 0.29) is 13.0 Å². The molecule has 106 valence electrons. The van der Waals surface area contributed by atoms with Gasteiger partial charge in [-0.25, -0.2) is 17.2 Å². The van der Waals surface area contributed by atoms with Crippen LogP contribution in [0.5, 0.6) is 0 Å². The minimum absolute atomic E-state index is 0.135. The Labute approximate surface area is 110 Å². The summed E-state index contributed by atoms with van der Waals surface area (Å²) in [5.74, 6) is -2.72. The van der Waals surface area contributed by atoms with Gasteiger partial charge in [-0.3, -0.25) is 4.79 Å². The van der Waals surface area contributed by atoms with Gasteiger partial charge in [-0.1, -0.05) is 0 Å². The van der Waals surface area contributed by atoms with Crippen molar-refractivity contribution in [3.63, 3.8) is 0 Å². The Morgan fingerprint density at radius 1 is 1.37 bits per heavy atom. The number of esters is 1.